The van der Waals surface area contributed by atoms with Gasteiger partial charge in [-0.15, -0.1) is 0 Å². The predicted molar refractivity (Wildman–Crippen MR) is 146 cm³/mol. The van der Waals surface area contributed by atoms with Gasteiger partial charge in [0.05, 0.1) is 32.6 Å². The molecule has 1 N–H and O–H groups in total. The Morgan fingerprint density at radius 1 is 0.900 bits per heavy atom. The molecule has 0 saturated carbocycles. The van der Waals surface area contributed by atoms with Crippen LogP contribution in [0.25, 0.3) is 28.1 Å². The third kappa shape index (κ3) is 5.89. The molecule has 208 valence electrons. The summed E-state index contributed by atoms with van der Waals surface area (Å²) in [6.07, 6.45) is 0. The molecule has 1 heterocycles. The van der Waals surface area contributed by atoms with Crippen molar-refractivity contribution < 1.29 is 37.7 Å². The molecule has 11 heteroatoms. The molecule has 40 heavy (non-hydrogen) atoms. The van der Waals surface area contributed by atoms with Crippen LogP contribution in [-0.4, -0.2) is 56.7 Å². The van der Waals surface area contributed by atoms with Gasteiger partial charge in [0.15, 0.2) is 11.5 Å². The molecule has 0 bridgehead atoms. The van der Waals surface area contributed by atoms with Gasteiger partial charge in [-0.2, -0.15) is 9.78 Å². The fraction of sp³-hybridized carbons (Fsp3) is 0.207. The summed E-state index contributed by atoms with van der Waals surface area (Å²) in [4.78, 5) is 24.2. The number of ether oxygens (including phenoxy) is 5. The van der Waals surface area contributed by atoms with Crippen LogP contribution < -0.4 is 24.3 Å². The maximum Gasteiger partial charge on any atom is 0.309 e. The van der Waals surface area contributed by atoms with Gasteiger partial charge >= 0.3 is 5.97 Å². The number of carbonyl (C=O) groups is 2. The average molecular weight is 550 g/mol. The normalized spacial score (nSPS) is 10.7. The Morgan fingerprint density at radius 2 is 1.57 bits per heavy atom. The van der Waals surface area contributed by atoms with E-state index in [1.54, 1.807) is 42.5 Å². The second kappa shape index (κ2) is 12.3. The van der Waals surface area contributed by atoms with Crippen molar-refractivity contribution in [1.29, 1.82) is 0 Å². The first-order valence-electron chi connectivity index (χ1n) is 12.1. The van der Waals surface area contributed by atoms with Crippen LogP contribution in [-0.2, 0) is 14.3 Å². The largest absolute Gasteiger partial charge is 0.493 e. The quantitative estimate of drug-likeness (QED) is 0.279. The highest BCUT2D eigenvalue weighted by Crippen LogP contribution is 2.46. The number of carbonyl (C=O) groups excluding carboxylic acids is 2. The number of rotatable bonds is 10. The first-order valence-corrected chi connectivity index (χ1v) is 12.1. The van der Waals surface area contributed by atoms with E-state index >= 15 is 0 Å². The molecule has 0 aliphatic carbocycles. The SMILES string of the molecule is COCC(=O)Nc1ccc(-c2c(-c3cc(OC)c(OC)c(OC)c3)nn(-c3cccc(F)c3)c2OC(C)=O)cc1. The Balaban J connectivity index is 1.99. The van der Waals surface area contributed by atoms with Gasteiger partial charge in [-0.25, -0.2) is 4.39 Å². The third-order valence-corrected chi connectivity index (χ3v) is 5.81. The molecule has 0 fully saturated rings. The standard InChI is InChI=1S/C29H28FN3O7/c1-17(34)40-29-26(18-9-11-21(12-10-18)31-25(35)16-36-2)27(32-33(29)22-8-6-7-20(30)15-22)19-13-23(37-3)28(39-5)24(14-19)38-4/h6-15H,16H2,1-5H3,(H,31,35). The van der Waals surface area contributed by atoms with Crippen molar-refractivity contribution in [2.45, 2.75) is 6.92 Å². The number of hydrogen-bond donors (Lipinski definition) is 1. The second-order valence-corrected chi connectivity index (χ2v) is 8.49. The first-order chi connectivity index (χ1) is 19.3. The van der Waals surface area contributed by atoms with Gasteiger partial charge in [-0.1, -0.05) is 18.2 Å². The number of halogens is 1. The molecular weight excluding hydrogens is 521 g/mol. The van der Waals surface area contributed by atoms with E-state index in [1.807, 2.05) is 0 Å². The topological polar surface area (TPSA) is 110 Å². The lowest BCUT2D eigenvalue weighted by Gasteiger charge is -2.14. The summed E-state index contributed by atoms with van der Waals surface area (Å²) >= 11 is 0. The third-order valence-electron chi connectivity index (χ3n) is 5.81. The van der Waals surface area contributed by atoms with Gasteiger partial charge in [0.1, 0.15) is 18.1 Å². The molecule has 0 aliphatic heterocycles. The minimum Gasteiger partial charge on any atom is -0.493 e. The van der Waals surface area contributed by atoms with Crippen LogP contribution in [0.3, 0.4) is 0 Å². The van der Waals surface area contributed by atoms with Crippen LogP contribution in [0.5, 0.6) is 23.1 Å². The molecule has 0 radical (unpaired) electrons. The van der Waals surface area contributed by atoms with Crippen LogP contribution in [0.15, 0.2) is 60.7 Å². The van der Waals surface area contributed by atoms with Gasteiger partial charge in [-0.05, 0) is 48.0 Å². The Morgan fingerprint density at radius 3 is 2.12 bits per heavy atom. The molecule has 10 nitrogen and oxygen atoms in total. The number of nitrogens with one attached hydrogen (secondary N) is 1. The van der Waals surface area contributed by atoms with Crippen molar-refractivity contribution in [1.82, 2.24) is 9.78 Å². The van der Waals surface area contributed by atoms with Crippen molar-refractivity contribution in [3.63, 3.8) is 0 Å². The van der Waals surface area contributed by atoms with Gasteiger partial charge in [0.25, 0.3) is 0 Å². The number of benzene rings is 3. The lowest BCUT2D eigenvalue weighted by atomic mass is 10.00. The maximum absolute atomic E-state index is 14.2. The van der Waals surface area contributed by atoms with Crippen molar-refractivity contribution in [3.05, 3.63) is 66.5 Å². The van der Waals surface area contributed by atoms with E-state index in [2.05, 4.69) is 5.32 Å². The second-order valence-electron chi connectivity index (χ2n) is 8.49. The van der Waals surface area contributed by atoms with Crippen LogP contribution in [0.4, 0.5) is 10.1 Å². The molecule has 0 saturated heterocycles. The molecule has 0 spiro atoms. The zero-order valence-electron chi connectivity index (χ0n) is 22.6. The summed E-state index contributed by atoms with van der Waals surface area (Å²) < 4.78 is 42.7. The lowest BCUT2D eigenvalue weighted by Crippen LogP contribution is -2.16. The van der Waals surface area contributed by atoms with Crippen LogP contribution in [0, 0.1) is 5.82 Å². The van der Waals surface area contributed by atoms with E-state index in [1.165, 1.54) is 58.2 Å². The Hall–Kier alpha value is -4.90. The molecule has 4 rings (SSSR count). The van der Waals surface area contributed by atoms with E-state index in [0.29, 0.717) is 51.0 Å². The molecular formula is C29H28FN3O7. The fourth-order valence-electron chi connectivity index (χ4n) is 4.14. The van der Waals surface area contributed by atoms with E-state index in [0.717, 1.165) is 0 Å². The molecule has 0 unspecified atom stereocenters. The number of methoxy groups -OCH3 is 4. The van der Waals surface area contributed by atoms with Crippen LogP contribution >= 0.6 is 0 Å². The average Bonchev–Trinajstić information content (AvgIpc) is 3.31. The van der Waals surface area contributed by atoms with Crippen molar-refractivity contribution in [2.24, 2.45) is 0 Å². The number of aromatic nitrogens is 2. The zero-order chi connectivity index (χ0) is 28.8. The molecule has 1 amide bonds. The molecule has 4 aromatic rings. The predicted octanol–water partition coefficient (Wildman–Crippen LogP) is 4.88. The van der Waals surface area contributed by atoms with Crippen molar-refractivity contribution in [3.8, 4) is 51.2 Å². The van der Waals surface area contributed by atoms with Crippen molar-refractivity contribution >= 4 is 17.6 Å². The first kappa shape index (κ1) is 28.1. The zero-order valence-corrected chi connectivity index (χ0v) is 22.6. The summed E-state index contributed by atoms with van der Waals surface area (Å²) in [5.74, 6) is -0.184. The summed E-state index contributed by atoms with van der Waals surface area (Å²) in [7, 11) is 5.92. The fourth-order valence-corrected chi connectivity index (χ4v) is 4.14. The number of hydrogen-bond acceptors (Lipinski definition) is 8. The molecule has 0 aliphatic rings. The number of anilines is 1. The highest BCUT2D eigenvalue weighted by Gasteiger charge is 2.27. The van der Waals surface area contributed by atoms with Crippen molar-refractivity contribution in [2.75, 3.05) is 40.4 Å². The van der Waals surface area contributed by atoms with E-state index in [-0.39, 0.29) is 18.4 Å². The Bertz CT molecular complexity index is 1510. The highest BCUT2D eigenvalue weighted by atomic mass is 19.1. The smallest absolute Gasteiger partial charge is 0.309 e. The summed E-state index contributed by atoms with van der Waals surface area (Å²) in [6, 6.07) is 16.0. The minimum absolute atomic E-state index is 0.0676. The maximum atomic E-state index is 14.2. The molecule has 1 aromatic heterocycles. The van der Waals surface area contributed by atoms with Crippen LogP contribution in [0.2, 0.25) is 0 Å². The number of esters is 1. The Labute approximate surface area is 230 Å². The van der Waals surface area contributed by atoms with E-state index in [4.69, 9.17) is 28.8 Å². The van der Waals surface area contributed by atoms with Gasteiger partial charge in [-0.3, -0.25) is 9.59 Å². The number of amides is 1. The monoisotopic (exact) mass is 549 g/mol. The summed E-state index contributed by atoms with van der Waals surface area (Å²) in [5, 5.41) is 7.49. The highest BCUT2D eigenvalue weighted by molar-refractivity contribution is 5.93. The van der Waals surface area contributed by atoms with Gasteiger partial charge in [0.2, 0.25) is 17.5 Å². The van der Waals surface area contributed by atoms with E-state index in [9.17, 15) is 14.0 Å². The molecule has 3 aromatic carbocycles. The summed E-state index contributed by atoms with van der Waals surface area (Å²) in [6.45, 7) is 1.17. The number of nitrogens with zero attached hydrogens (tertiary/aromatic N) is 2. The lowest BCUT2D eigenvalue weighted by molar-refractivity contribution is -0.132. The minimum atomic E-state index is -0.598. The van der Waals surface area contributed by atoms with Gasteiger partial charge in [0, 0.05) is 25.3 Å². The summed E-state index contributed by atoms with van der Waals surface area (Å²) in [5.41, 5.74) is 2.84. The Kier molecular flexibility index (Phi) is 8.65. The van der Waals surface area contributed by atoms with Gasteiger partial charge < -0.3 is 29.0 Å². The van der Waals surface area contributed by atoms with E-state index < -0.39 is 11.8 Å². The van der Waals surface area contributed by atoms with Crippen LogP contribution in [0.1, 0.15) is 6.92 Å². The molecule has 0 atom stereocenters.